The topological polar surface area (TPSA) is 88.1 Å². The Morgan fingerprint density at radius 3 is 2.57 bits per heavy atom. The molecule has 0 aliphatic heterocycles. The van der Waals surface area contributed by atoms with E-state index in [1.54, 1.807) is 36.4 Å². The molecule has 182 valence electrons. The average Bonchev–Trinajstić information content (AvgIpc) is 2.84. The van der Waals surface area contributed by atoms with Crippen LogP contribution in [0.2, 0.25) is 5.02 Å². The first kappa shape index (κ1) is 26.1. The number of sulfonamides is 1. The number of ether oxygens (including phenoxy) is 1. The third-order valence-electron chi connectivity index (χ3n) is 4.70. The SMILES string of the molecule is C=CCOc1cccc(/C=N\NC(=O)CN(Cc2ccccc2F)S(=O)(=O)c2ccc(Cl)cc2)c1. The van der Waals surface area contributed by atoms with Gasteiger partial charge in [-0.25, -0.2) is 18.2 Å². The van der Waals surface area contributed by atoms with Crippen molar-refractivity contribution in [2.45, 2.75) is 11.4 Å². The normalized spacial score (nSPS) is 11.5. The molecule has 3 aromatic carbocycles. The highest BCUT2D eigenvalue weighted by molar-refractivity contribution is 7.89. The van der Waals surface area contributed by atoms with Gasteiger partial charge >= 0.3 is 0 Å². The summed E-state index contributed by atoms with van der Waals surface area (Å²) < 4.78 is 47.1. The Labute approximate surface area is 208 Å². The molecule has 0 aliphatic rings. The van der Waals surface area contributed by atoms with Gasteiger partial charge in [0.2, 0.25) is 10.0 Å². The lowest BCUT2D eigenvalue weighted by Gasteiger charge is -2.21. The highest BCUT2D eigenvalue weighted by Gasteiger charge is 2.27. The van der Waals surface area contributed by atoms with Crippen LogP contribution in [-0.4, -0.2) is 38.0 Å². The van der Waals surface area contributed by atoms with Gasteiger partial charge in [0.05, 0.1) is 17.7 Å². The summed E-state index contributed by atoms with van der Waals surface area (Å²) >= 11 is 5.87. The molecule has 0 aliphatic carbocycles. The van der Waals surface area contributed by atoms with Gasteiger partial charge in [0.1, 0.15) is 18.2 Å². The number of amides is 1. The van der Waals surface area contributed by atoms with Gasteiger partial charge in [0, 0.05) is 17.1 Å². The molecule has 0 saturated carbocycles. The molecule has 7 nitrogen and oxygen atoms in total. The van der Waals surface area contributed by atoms with Crippen LogP contribution in [0.1, 0.15) is 11.1 Å². The van der Waals surface area contributed by atoms with E-state index in [1.165, 1.54) is 48.7 Å². The van der Waals surface area contributed by atoms with E-state index in [1.807, 2.05) is 0 Å². The minimum Gasteiger partial charge on any atom is -0.490 e. The molecule has 0 unspecified atom stereocenters. The Morgan fingerprint density at radius 1 is 1.11 bits per heavy atom. The largest absolute Gasteiger partial charge is 0.490 e. The van der Waals surface area contributed by atoms with Crippen LogP contribution in [0.25, 0.3) is 0 Å². The van der Waals surface area contributed by atoms with Gasteiger partial charge in [0.15, 0.2) is 0 Å². The monoisotopic (exact) mass is 515 g/mol. The molecule has 0 spiro atoms. The second kappa shape index (κ2) is 12.3. The third kappa shape index (κ3) is 7.48. The van der Waals surface area contributed by atoms with Crippen molar-refractivity contribution in [1.29, 1.82) is 0 Å². The maximum Gasteiger partial charge on any atom is 0.255 e. The lowest BCUT2D eigenvalue weighted by Crippen LogP contribution is -2.39. The van der Waals surface area contributed by atoms with E-state index in [4.69, 9.17) is 16.3 Å². The summed E-state index contributed by atoms with van der Waals surface area (Å²) in [5.41, 5.74) is 3.09. The number of hydrogen-bond donors (Lipinski definition) is 1. The number of halogens is 2. The van der Waals surface area contributed by atoms with Crippen LogP contribution in [0, 0.1) is 5.82 Å². The van der Waals surface area contributed by atoms with E-state index >= 15 is 0 Å². The summed E-state index contributed by atoms with van der Waals surface area (Å²) in [5.74, 6) is -0.680. The molecule has 35 heavy (non-hydrogen) atoms. The van der Waals surface area contributed by atoms with Crippen LogP contribution in [0.15, 0.2) is 95.4 Å². The van der Waals surface area contributed by atoms with Crippen molar-refractivity contribution in [2.75, 3.05) is 13.2 Å². The van der Waals surface area contributed by atoms with Gasteiger partial charge < -0.3 is 4.74 Å². The average molecular weight is 516 g/mol. The van der Waals surface area contributed by atoms with Gasteiger partial charge in [0.25, 0.3) is 5.91 Å². The Hall–Kier alpha value is -3.53. The molecule has 0 heterocycles. The van der Waals surface area contributed by atoms with Crippen molar-refractivity contribution >= 4 is 33.7 Å². The Balaban J connectivity index is 1.76. The van der Waals surface area contributed by atoms with Crippen LogP contribution in [-0.2, 0) is 21.4 Å². The second-order valence-corrected chi connectivity index (χ2v) is 9.66. The molecule has 0 fully saturated rings. The van der Waals surface area contributed by atoms with Gasteiger partial charge in [-0.15, -0.1) is 0 Å². The molecule has 3 aromatic rings. The summed E-state index contributed by atoms with van der Waals surface area (Å²) in [6.45, 7) is 3.00. The maximum atomic E-state index is 14.3. The van der Waals surface area contributed by atoms with E-state index in [2.05, 4.69) is 17.1 Å². The quantitative estimate of drug-likeness (QED) is 0.233. The van der Waals surface area contributed by atoms with Crippen molar-refractivity contribution in [3.63, 3.8) is 0 Å². The number of hydrazone groups is 1. The highest BCUT2D eigenvalue weighted by atomic mass is 35.5. The number of hydrogen-bond acceptors (Lipinski definition) is 5. The zero-order valence-electron chi connectivity index (χ0n) is 18.6. The number of nitrogens with zero attached hydrogens (tertiary/aromatic N) is 2. The molecule has 0 radical (unpaired) electrons. The van der Waals surface area contributed by atoms with E-state index in [9.17, 15) is 17.6 Å². The lowest BCUT2D eigenvalue weighted by atomic mass is 10.2. The standard InChI is InChI=1S/C25H23ClFN3O4S/c1-2-14-34-22-8-5-6-19(15-22)16-28-29-25(31)18-30(17-20-7-3-4-9-24(20)27)35(32,33)23-12-10-21(26)11-13-23/h2-13,15-16H,1,14,17-18H2,(H,29,31)/b28-16-. The summed E-state index contributed by atoms with van der Waals surface area (Å²) in [6, 6.07) is 18.3. The Kier molecular flexibility index (Phi) is 9.13. The van der Waals surface area contributed by atoms with Crippen molar-refractivity contribution < 1.29 is 22.3 Å². The summed E-state index contributed by atoms with van der Waals surface area (Å²) in [5, 5.41) is 4.25. The molecular weight excluding hydrogens is 493 g/mol. The lowest BCUT2D eigenvalue weighted by molar-refractivity contribution is -0.121. The first-order valence-corrected chi connectivity index (χ1v) is 12.3. The minimum atomic E-state index is -4.15. The van der Waals surface area contributed by atoms with Crippen molar-refractivity contribution in [1.82, 2.24) is 9.73 Å². The molecule has 0 saturated heterocycles. The minimum absolute atomic E-state index is 0.0779. The van der Waals surface area contributed by atoms with Gasteiger partial charge in [-0.3, -0.25) is 4.79 Å². The zero-order valence-corrected chi connectivity index (χ0v) is 20.2. The molecule has 1 amide bonds. The fourth-order valence-corrected chi connectivity index (χ4v) is 4.51. The van der Waals surface area contributed by atoms with Gasteiger partial charge in [-0.05, 0) is 48.0 Å². The molecule has 1 N–H and O–H groups in total. The smallest absolute Gasteiger partial charge is 0.255 e. The van der Waals surface area contributed by atoms with Gasteiger partial charge in [-0.2, -0.15) is 9.41 Å². The van der Waals surface area contributed by atoms with Crippen LogP contribution in [0.4, 0.5) is 4.39 Å². The molecule has 10 heteroatoms. The van der Waals surface area contributed by atoms with E-state index in [-0.39, 0.29) is 17.0 Å². The second-order valence-electron chi connectivity index (χ2n) is 7.28. The molecule has 0 bridgehead atoms. The fraction of sp³-hybridized carbons (Fsp3) is 0.120. The van der Waals surface area contributed by atoms with Crippen molar-refractivity contribution in [2.24, 2.45) is 5.10 Å². The van der Waals surface area contributed by atoms with E-state index in [0.717, 1.165) is 4.31 Å². The number of carbonyl (C=O) groups is 1. The molecule has 3 rings (SSSR count). The van der Waals surface area contributed by atoms with E-state index in [0.29, 0.717) is 22.9 Å². The van der Waals surface area contributed by atoms with Gasteiger partial charge in [-0.1, -0.05) is 54.6 Å². The summed E-state index contributed by atoms with van der Waals surface area (Å²) in [6.07, 6.45) is 3.01. The highest BCUT2D eigenvalue weighted by Crippen LogP contribution is 2.21. The van der Waals surface area contributed by atoms with Crippen LogP contribution in [0.3, 0.4) is 0 Å². The number of nitrogens with one attached hydrogen (secondary N) is 1. The molecule has 0 atom stereocenters. The predicted octanol–water partition coefficient (Wildman–Crippen LogP) is 4.39. The number of carbonyl (C=O) groups excluding carboxylic acids is 1. The first-order valence-electron chi connectivity index (χ1n) is 10.4. The zero-order chi connectivity index (χ0) is 25.3. The number of benzene rings is 3. The van der Waals surface area contributed by atoms with Crippen LogP contribution in [0.5, 0.6) is 5.75 Å². The van der Waals surface area contributed by atoms with Crippen LogP contribution < -0.4 is 10.2 Å². The summed E-state index contributed by atoms with van der Waals surface area (Å²) in [7, 11) is -4.15. The third-order valence-corrected chi connectivity index (χ3v) is 6.76. The molecule has 0 aromatic heterocycles. The maximum absolute atomic E-state index is 14.3. The Morgan fingerprint density at radius 2 is 1.86 bits per heavy atom. The van der Waals surface area contributed by atoms with Crippen molar-refractivity contribution in [3.05, 3.63) is 107 Å². The first-order chi connectivity index (χ1) is 16.8. The molecular formula is C25H23ClFN3O4S. The van der Waals surface area contributed by atoms with Crippen LogP contribution >= 0.6 is 11.6 Å². The predicted molar refractivity (Wildman–Crippen MR) is 133 cm³/mol. The Bertz CT molecular complexity index is 1310. The summed E-state index contributed by atoms with van der Waals surface area (Å²) in [4.78, 5) is 12.5. The van der Waals surface area contributed by atoms with E-state index < -0.39 is 28.3 Å². The number of rotatable bonds is 11. The van der Waals surface area contributed by atoms with Crippen molar-refractivity contribution in [3.8, 4) is 5.75 Å². The fourth-order valence-electron chi connectivity index (χ4n) is 3.01.